The van der Waals surface area contributed by atoms with Crippen LogP contribution < -0.4 is 10.1 Å². The van der Waals surface area contributed by atoms with Gasteiger partial charge in [0.25, 0.3) is 0 Å². The summed E-state index contributed by atoms with van der Waals surface area (Å²) in [4.78, 5) is 0. The Balaban J connectivity index is 1.98. The third-order valence-electron chi connectivity index (χ3n) is 4.35. The molecule has 0 aliphatic heterocycles. The third-order valence-corrected chi connectivity index (χ3v) is 4.35. The van der Waals surface area contributed by atoms with Gasteiger partial charge in [0.2, 0.25) is 0 Å². The molecule has 2 heteroatoms. The molecule has 2 nitrogen and oxygen atoms in total. The molecule has 124 valence electrons. The van der Waals surface area contributed by atoms with E-state index in [1.165, 1.54) is 22.4 Å². The first kappa shape index (κ1) is 17.4. The van der Waals surface area contributed by atoms with Crippen molar-refractivity contribution in [3.8, 4) is 5.75 Å². The van der Waals surface area contributed by atoms with Gasteiger partial charge in [0.05, 0.1) is 6.54 Å². The van der Waals surface area contributed by atoms with Gasteiger partial charge in [-0.2, -0.15) is 0 Å². The van der Waals surface area contributed by atoms with E-state index in [4.69, 9.17) is 4.74 Å². The molecule has 0 fully saturated rings. The SMILES string of the molecule is CCC(C)c1ccccc1OC(C)CNc1ccc(C)cc1C. The Labute approximate surface area is 140 Å². The predicted octanol–water partition coefficient (Wildman–Crippen LogP) is 5.70. The van der Waals surface area contributed by atoms with Crippen LogP contribution in [-0.2, 0) is 0 Å². The van der Waals surface area contributed by atoms with Gasteiger partial charge in [0, 0.05) is 5.69 Å². The molecule has 23 heavy (non-hydrogen) atoms. The first-order valence-electron chi connectivity index (χ1n) is 8.58. The molecule has 0 amide bonds. The van der Waals surface area contributed by atoms with E-state index in [9.17, 15) is 0 Å². The van der Waals surface area contributed by atoms with E-state index in [-0.39, 0.29) is 6.10 Å². The number of anilines is 1. The van der Waals surface area contributed by atoms with Crippen molar-refractivity contribution in [3.63, 3.8) is 0 Å². The van der Waals surface area contributed by atoms with Crippen molar-refractivity contribution in [2.75, 3.05) is 11.9 Å². The predicted molar refractivity (Wildman–Crippen MR) is 99.6 cm³/mol. The van der Waals surface area contributed by atoms with Crippen LogP contribution in [0.15, 0.2) is 42.5 Å². The lowest BCUT2D eigenvalue weighted by Gasteiger charge is -2.21. The first-order valence-corrected chi connectivity index (χ1v) is 8.58. The molecule has 0 saturated carbocycles. The van der Waals surface area contributed by atoms with Gasteiger partial charge >= 0.3 is 0 Å². The number of hydrogen-bond donors (Lipinski definition) is 1. The molecule has 2 aromatic rings. The summed E-state index contributed by atoms with van der Waals surface area (Å²) in [6.45, 7) is 11.6. The zero-order valence-electron chi connectivity index (χ0n) is 15.0. The summed E-state index contributed by atoms with van der Waals surface area (Å²) in [5.41, 5.74) is 5.05. The molecule has 0 heterocycles. The van der Waals surface area contributed by atoms with Gasteiger partial charge in [-0.25, -0.2) is 0 Å². The van der Waals surface area contributed by atoms with Crippen LogP contribution in [0.4, 0.5) is 5.69 Å². The third kappa shape index (κ3) is 4.75. The maximum atomic E-state index is 6.19. The average molecular weight is 311 g/mol. The highest BCUT2D eigenvalue weighted by molar-refractivity contribution is 5.52. The van der Waals surface area contributed by atoms with Gasteiger partial charge in [-0.05, 0) is 56.4 Å². The molecule has 0 aliphatic carbocycles. The molecule has 0 spiro atoms. The van der Waals surface area contributed by atoms with Crippen LogP contribution in [0.2, 0.25) is 0 Å². The summed E-state index contributed by atoms with van der Waals surface area (Å²) in [6, 6.07) is 14.9. The van der Waals surface area contributed by atoms with Gasteiger partial charge in [-0.15, -0.1) is 0 Å². The van der Waals surface area contributed by atoms with Crippen molar-refractivity contribution in [1.29, 1.82) is 0 Å². The lowest BCUT2D eigenvalue weighted by Crippen LogP contribution is -2.23. The Kier molecular flexibility index (Phi) is 6.09. The number of nitrogens with one attached hydrogen (secondary N) is 1. The highest BCUT2D eigenvalue weighted by Gasteiger charge is 2.12. The number of ether oxygens (including phenoxy) is 1. The molecule has 2 atom stereocenters. The van der Waals surface area contributed by atoms with E-state index in [0.29, 0.717) is 5.92 Å². The van der Waals surface area contributed by atoms with Crippen LogP contribution in [0, 0.1) is 13.8 Å². The van der Waals surface area contributed by atoms with Crippen LogP contribution in [-0.4, -0.2) is 12.6 Å². The zero-order chi connectivity index (χ0) is 16.8. The lowest BCUT2D eigenvalue weighted by molar-refractivity contribution is 0.231. The quantitative estimate of drug-likeness (QED) is 0.708. The second kappa shape index (κ2) is 8.05. The molecule has 2 rings (SSSR count). The minimum atomic E-state index is 0.112. The largest absolute Gasteiger partial charge is 0.489 e. The fourth-order valence-corrected chi connectivity index (χ4v) is 2.74. The van der Waals surface area contributed by atoms with Crippen molar-refractivity contribution < 1.29 is 4.74 Å². The monoisotopic (exact) mass is 311 g/mol. The Morgan fingerprint density at radius 2 is 1.78 bits per heavy atom. The normalized spacial score (nSPS) is 13.4. The summed E-state index contributed by atoms with van der Waals surface area (Å²) < 4.78 is 6.19. The lowest BCUT2D eigenvalue weighted by atomic mass is 9.98. The van der Waals surface area contributed by atoms with E-state index in [2.05, 4.69) is 76.3 Å². The van der Waals surface area contributed by atoms with Crippen LogP contribution in [0.1, 0.15) is 49.8 Å². The first-order chi connectivity index (χ1) is 11.0. The maximum Gasteiger partial charge on any atom is 0.123 e. The van der Waals surface area contributed by atoms with E-state index in [1.807, 2.05) is 6.07 Å². The average Bonchev–Trinajstić information content (AvgIpc) is 2.54. The Morgan fingerprint density at radius 3 is 2.48 bits per heavy atom. The van der Waals surface area contributed by atoms with Crippen LogP contribution in [0.3, 0.4) is 0 Å². The second-order valence-electron chi connectivity index (χ2n) is 6.47. The van der Waals surface area contributed by atoms with Gasteiger partial charge in [-0.3, -0.25) is 0 Å². The van der Waals surface area contributed by atoms with Gasteiger partial charge in [0.1, 0.15) is 11.9 Å². The van der Waals surface area contributed by atoms with Crippen LogP contribution in [0.25, 0.3) is 0 Å². The topological polar surface area (TPSA) is 21.3 Å². The van der Waals surface area contributed by atoms with Crippen molar-refractivity contribution in [3.05, 3.63) is 59.2 Å². The van der Waals surface area contributed by atoms with Crippen LogP contribution in [0.5, 0.6) is 5.75 Å². The minimum absolute atomic E-state index is 0.112. The standard InChI is InChI=1S/C21H29NO/c1-6-16(3)19-9-7-8-10-21(19)23-18(5)14-22-20-12-11-15(2)13-17(20)4/h7-13,16,18,22H,6,14H2,1-5H3. The molecule has 2 aromatic carbocycles. The molecule has 0 saturated heterocycles. The summed E-state index contributed by atoms with van der Waals surface area (Å²) in [7, 11) is 0. The molecule has 0 bridgehead atoms. The summed E-state index contributed by atoms with van der Waals surface area (Å²) in [5.74, 6) is 1.53. The number of hydrogen-bond acceptors (Lipinski definition) is 2. The summed E-state index contributed by atoms with van der Waals surface area (Å²) in [6.07, 6.45) is 1.23. The number of rotatable bonds is 7. The Bertz CT molecular complexity index is 635. The summed E-state index contributed by atoms with van der Waals surface area (Å²) >= 11 is 0. The highest BCUT2D eigenvalue weighted by Crippen LogP contribution is 2.29. The molecule has 0 aromatic heterocycles. The Morgan fingerprint density at radius 1 is 1.04 bits per heavy atom. The van der Waals surface area contributed by atoms with E-state index in [0.717, 1.165) is 18.7 Å². The number of benzene rings is 2. The number of para-hydroxylation sites is 1. The van der Waals surface area contributed by atoms with Crippen LogP contribution >= 0.6 is 0 Å². The smallest absolute Gasteiger partial charge is 0.123 e. The van der Waals surface area contributed by atoms with Gasteiger partial charge < -0.3 is 10.1 Å². The summed E-state index contributed by atoms with van der Waals surface area (Å²) in [5, 5.41) is 3.50. The fraction of sp³-hybridized carbons (Fsp3) is 0.429. The maximum absolute atomic E-state index is 6.19. The van der Waals surface area contributed by atoms with Crippen molar-refractivity contribution in [2.24, 2.45) is 0 Å². The molecule has 0 radical (unpaired) electrons. The molecule has 1 N–H and O–H groups in total. The highest BCUT2D eigenvalue weighted by atomic mass is 16.5. The molecule has 2 unspecified atom stereocenters. The second-order valence-corrected chi connectivity index (χ2v) is 6.47. The fourth-order valence-electron chi connectivity index (χ4n) is 2.74. The minimum Gasteiger partial charge on any atom is -0.489 e. The zero-order valence-corrected chi connectivity index (χ0v) is 15.0. The number of aryl methyl sites for hydroxylation is 2. The Hall–Kier alpha value is -1.96. The van der Waals surface area contributed by atoms with E-state index >= 15 is 0 Å². The molecule has 0 aliphatic rings. The van der Waals surface area contributed by atoms with E-state index in [1.54, 1.807) is 0 Å². The van der Waals surface area contributed by atoms with Gasteiger partial charge in [0.15, 0.2) is 0 Å². The van der Waals surface area contributed by atoms with Crippen molar-refractivity contribution in [1.82, 2.24) is 0 Å². The van der Waals surface area contributed by atoms with Crippen molar-refractivity contribution >= 4 is 5.69 Å². The molecular weight excluding hydrogens is 282 g/mol. The van der Waals surface area contributed by atoms with Crippen molar-refractivity contribution in [2.45, 2.75) is 53.1 Å². The van der Waals surface area contributed by atoms with E-state index < -0.39 is 0 Å². The van der Waals surface area contributed by atoms with Gasteiger partial charge in [-0.1, -0.05) is 49.7 Å². The molecular formula is C21H29NO.